The van der Waals surface area contributed by atoms with Gasteiger partial charge in [0.05, 0.1) is 6.04 Å². The normalized spacial score (nSPS) is 18.2. The molecule has 1 amide bonds. The Morgan fingerprint density at radius 2 is 2.22 bits per heavy atom. The fourth-order valence-electron chi connectivity index (χ4n) is 1.91. The van der Waals surface area contributed by atoms with E-state index in [1.54, 1.807) is 12.4 Å². The van der Waals surface area contributed by atoms with Crippen LogP contribution in [0.1, 0.15) is 24.8 Å². The Kier molecular flexibility index (Phi) is 7.91. The number of halogens is 2. The van der Waals surface area contributed by atoms with Gasteiger partial charge in [0.1, 0.15) is 0 Å². The molecule has 6 heteroatoms. The molecule has 102 valence electrons. The number of amides is 1. The molecular formula is C12H19Cl2N3O. The Hall–Kier alpha value is -0.840. The van der Waals surface area contributed by atoms with E-state index < -0.39 is 0 Å². The van der Waals surface area contributed by atoms with Crippen molar-refractivity contribution in [3.05, 3.63) is 24.0 Å². The maximum Gasteiger partial charge on any atom is 0.241 e. The summed E-state index contributed by atoms with van der Waals surface area (Å²) in [5, 5.41) is 6.17. The summed E-state index contributed by atoms with van der Waals surface area (Å²) < 4.78 is 0. The zero-order chi connectivity index (χ0) is 11.4. The van der Waals surface area contributed by atoms with Crippen molar-refractivity contribution in [2.75, 3.05) is 11.9 Å². The van der Waals surface area contributed by atoms with Crippen LogP contribution >= 0.6 is 24.8 Å². The van der Waals surface area contributed by atoms with Crippen LogP contribution in [0.5, 0.6) is 0 Å². The second kappa shape index (κ2) is 8.29. The summed E-state index contributed by atoms with van der Waals surface area (Å²) in [6.45, 7) is 2.88. The molecule has 0 unspecified atom stereocenters. The largest absolute Gasteiger partial charge is 0.324 e. The van der Waals surface area contributed by atoms with Gasteiger partial charge in [-0.05, 0) is 37.9 Å². The minimum atomic E-state index is -0.0404. The summed E-state index contributed by atoms with van der Waals surface area (Å²) in [5.74, 6) is 0.0639. The highest BCUT2D eigenvalue weighted by Gasteiger charge is 2.20. The number of aryl methyl sites for hydroxylation is 1. The molecule has 0 saturated carbocycles. The van der Waals surface area contributed by atoms with Crippen LogP contribution < -0.4 is 10.6 Å². The van der Waals surface area contributed by atoms with E-state index in [1.807, 2.05) is 13.0 Å². The van der Waals surface area contributed by atoms with E-state index in [-0.39, 0.29) is 36.8 Å². The molecule has 4 nitrogen and oxygen atoms in total. The Labute approximate surface area is 120 Å². The van der Waals surface area contributed by atoms with Crippen LogP contribution in [0.4, 0.5) is 5.69 Å². The second-order valence-corrected chi connectivity index (χ2v) is 4.18. The van der Waals surface area contributed by atoms with Crippen LogP contribution in [0.25, 0.3) is 0 Å². The maximum absolute atomic E-state index is 11.9. The number of hydrogen-bond donors (Lipinski definition) is 2. The average molecular weight is 292 g/mol. The van der Waals surface area contributed by atoms with Gasteiger partial charge in [-0.15, -0.1) is 24.8 Å². The van der Waals surface area contributed by atoms with E-state index in [1.165, 1.54) is 0 Å². The van der Waals surface area contributed by atoms with Crippen LogP contribution in [0.3, 0.4) is 0 Å². The molecule has 1 aromatic heterocycles. The number of pyridine rings is 1. The fraction of sp³-hybridized carbons (Fsp3) is 0.500. The van der Waals surface area contributed by atoms with Gasteiger partial charge in [0.2, 0.25) is 5.91 Å². The van der Waals surface area contributed by atoms with Gasteiger partial charge < -0.3 is 10.6 Å². The molecule has 2 rings (SSSR count). The van der Waals surface area contributed by atoms with Crippen molar-refractivity contribution in [1.82, 2.24) is 10.3 Å². The first kappa shape index (κ1) is 17.2. The molecule has 1 aliphatic rings. The van der Waals surface area contributed by atoms with Crippen LogP contribution in [0.2, 0.25) is 0 Å². The molecule has 2 N–H and O–H groups in total. The molecule has 0 radical (unpaired) electrons. The molecule has 0 aliphatic carbocycles. The third kappa shape index (κ3) is 4.44. The number of nitrogens with one attached hydrogen (secondary N) is 2. The second-order valence-electron chi connectivity index (χ2n) is 4.18. The van der Waals surface area contributed by atoms with Gasteiger partial charge in [-0.3, -0.25) is 9.78 Å². The molecule has 1 atom stereocenters. The van der Waals surface area contributed by atoms with Gasteiger partial charge in [0.15, 0.2) is 0 Å². The number of carbonyl (C=O) groups is 1. The zero-order valence-corrected chi connectivity index (χ0v) is 11.9. The van der Waals surface area contributed by atoms with E-state index in [0.717, 1.165) is 37.1 Å². The highest BCUT2D eigenvalue weighted by molar-refractivity contribution is 5.95. The number of piperidine rings is 1. The summed E-state index contributed by atoms with van der Waals surface area (Å²) in [4.78, 5) is 15.9. The monoisotopic (exact) mass is 291 g/mol. The first-order valence-electron chi connectivity index (χ1n) is 5.72. The molecule has 0 spiro atoms. The van der Waals surface area contributed by atoms with Crippen molar-refractivity contribution in [2.24, 2.45) is 0 Å². The molecular weight excluding hydrogens is 273 g/mol. The van der Waals surface area contributed by atoms with Gasteiger partial charge in [-0.2, -0.15) is 0 Å². The van der Waals surface area contributed by atoms with Crippen molar-refractivity contribution in [3.8, 4) is 0 Å². The van der Waals surface area contributed by atoms with Gasteiger partial charge in [-0.1, -0.05) is 6.42 Å². The first-order valence-corrected chi connectivity index (χ1v) is 5.72. The Bertz CT molecular complexity index is 381. The summed E-state index contributed by atoms with van der Waals surface area (Å²) >= 11 is 0. The van der Waals surface area contributed by atoms with Crippen LogP contribution in [-0.2, 0) is 4.79 Å². The number of hydrogen-bond acceptors (Lipinski definition) is 3. The van der Waals surface area contributed by atoms with Crippen molar-refractivity contribution in [3.63, 3.8) is 0 Å². The van der Waals surface area contributed by atoms with Crippen LogP contribution in [0, 0.1) is 6.92 Å². The molecule has 18 heavy (non-hydrogen) atoms. The smallest absolute Gasteiger partial charge is 0.241 e. The summed E-state index contributed by atoms with van der Waals surface area (Å²) in [7, 11) is 0. The summed E-state index contributed by atoms with van der Waals surface area (Å²) in [6, 6.07) is 1.79. The molecule has 1 aliphatic heterocycles. The third-order valence-electron chi connectivity index (χ3n) is 2.90. The van der Waals surface area contributed by atoms with Crippen LogP contribution in [0.15, 0.2) is 18.5 Å². The van der Waals surface area contributed by atoms with Gasteiger partial charge in [-0.25, -0.2) is 0 Å². The maximum atomic E-state index is 11.9. The zero-order valence-electron chi connectivity index (χ0n) is 10.3. The molecule has 0 aromatic carbocycles. The quantitative estimate of drug-likeness (QED) is 0.879. The molecule has 1 saturated heterocycles. The van der Waals surface area contributed by atoms with Crippen molar-refractivity contribution in [2.45, 2.75) is 32.2 Å². The van der Waals surface area contributed by atoms with Crippen molar-refractivity contribution < 1.29 is 4.79 Å². The number of rotatable bonds is 2. The van der Waals surface area contributed by atoms with E-state index in [4.69, 9.17) is 0 Å². The minimum absolute atomic E-state index is 0. The SMILES string of the molecule is Cc1cnccc1NC(=O)[C@@H]1CCCCN1.Cl.Cl. The molecule has 0 bridgehead atoms. The Morgan fingerprint density at radius 1 is 1.44 bits per heavy atom. The van der Waals surface area contributed by atoms with Crippen LogP contribution in [-0.4, -0.2) is 23.5 Å². The fourth-order valence-corrected chi connectivity index (χ4v) is 1.91. The summed E-state index contributed by atoms with van der Waals surface area (Å²) in [6.07, 6.45) is 6.66. The first-order chi connectivity index (χ1) is 7.77. The predicted molar refractivity (Wildman–Crippen MR) is 77.7 cm³/mol. The van der Waals surface area contributed by atoms with Gasteiger partial charge in [0, 0.05) is 18.1 Å². The standard InChI is InChI=1S/C12H17N3O.2ClH/c1-9-8-13-7-5-10(9)15-12(16)11-4-2-3-6-14-11;;/h5,7-8,11,14H,2-4,6H2,1H3,(H,13,15,16);2*1H/t11-;;/m0../s1. The van der Waals surface area contributed by atoms with E-state index in [2.05, 4.69) is 15.6 Å². The number of anilines is 1. The summed E-state index contributed by atoms with van der Waals surface area (Å²) in [5.41, 5.74) is 1.85. The van der Waals surface area contributed by atoms with Crippen molar-refractivity contribution >= 4 is 36.4 Å². The number of carbonyl (C=O) groups excluding carboxylic acids is 1. The van der Waals surface area contributed by atoms with E-state index in [9.17, 15) is 4.79 Å². The minimum Gasteiger partial charge on any atom is -0.324 e. The highest BCUT2D eigenvalue weighted by Crippen LogP contribution is 2.14. The lowest BCUT2D eigenvalue weighted by molar-refractivity contribution is -0.118. The molecule has 2 heterocycles. The highest BCUT2D eigenvalue weighted by atomic mass is 35.5. The molecule has 1 fully saturated rings. The van der Waals surface area contributed by atoms with Gasteiger partial charge in [0.25, 0.3) is 0 Å². The van der Waals surface area contributed by atoms with E-state index in [0.29, 0.717) is 0 Å². The third-order valence-corrected chi connectivity index (χ3v) is 2.90. The van der Waals surface area contributed by atoms with Gasteiger partial charge >= 0.3 is 0 Å². The predicted octanol–water partition coefficient (Wildman–Crippen LogP) is 2.31. The Balaban J connectivity index is 0.00000144. The van der Waals surface area contributed by atoms with Crippen molar-refractivity contribution in [1.29, 1.82) is 0 Å². The topological polar surface area (TPSA) is 54.0 Å². The lowest BCUT2D eigenvalue weighted by Gasteiger charge is -2.22. The lowest BCUT2D eigenvalue weighted by Crippen LogP contribution is -2.43. The molecule has 1 aromatic rings. The van der Waals surface area contributed by atoms with E-state index >= 15 is 0 Å². The Morgan fingerprint density at radius 3 is 2.83 bits per heavy atom. The lowest BCUT2D eigenvalue weighted by atomic mass is 10.0. The number of nitrogens with zero attached hydrogens (tertiary/aromatic N) is 1. The average Bonchev–Trinajstić information content (AvgIpc) is 2.33. The number of aromatic nitrogens is 1.